The molecule has 2 saturated heterocycles. The minimum atomic E-state index is -1.85. The van der Waals surface area contributed by atoms with Crippen LogP contribution in [0.4, 0.5) is 0 Å². The van der Waals surface area contributed by atoms with Crippen LogP contribution in [0.15, 0.2) is 11.6 Å². The van der Waals surface area contributed by atoms with Crippen molar-refractivity contribution in [2.75, 3.05) is 13.2 Å². The van der Waals surface area contributed by atoms with Crippen molar-refractivity contribution in [2.24, 2.45) is 50.2 Å². The van der Waals surface area contributed by atoms with Gasteiger partial charge in [-0.05, 0) is 111 Å². The number of aliphatic hydroxyl groups is 7. The molecule has 7 rings (SSSR count). The molecule has 0 radical (unpaired) electrons. The highest BCUT2D eigenvalue weighted by atomic mass is 16.8. The third kappa shape index (κ3) is 6.30. The molecule has 0 bridgehead atoms. The summed E-state index contributed by atoms with van der Waals surface area (Å²) in [7, 11) is 0. The summed E-state index contributed by atoms with van der Waals surface area (Å²) in [6, 6.07) is 0. The first-order chi connectivity index (χ1) is 26.6. The fourth-order valence-electron chi connectivity index (χ4n) is 13.6. The summed E-state index contributed by atoms with van der Waals surface area (Å²) in [6.07, 6.45) is -8.41. The molecule has 7 aliphatic rings. The van der Waals surface area contributed by atoms with Gasteiger partial charge in [-0.2, -0.15) is 0 Å². The van der Waals surface area contributed by atoms with E-state index in [0.717, 1.165) is 25.7 Å². The summed E-state index contributed by atoms with van der Waals surface area (Å²) in [5.41, 5.74) is -1.90. The summed E-state index contributed by atoms with van der Waals surface area (Å²) in [4.78, 5) is 26.8. The third-order valence-electron chi connectivity index (χ3n) is 17.4. The number of hydrogen-bond acceptors (Lipinski definition) is 13. The number of rotatable bonds is 8. The molecule has 0 amide bonds. The number of fused-ring (bicyclic) bond motifs is 7. The van der Waals surface area contributed by atoms with Gasteiger partial charge in [0.05, 0.1) is 30.1 Å². The Kier molecular flexibility index (Phi) is 11.2. The van der Waals surface area contributed by atoms with Gasteiger partial charge in [-0.1, -0.05) is 46.3 Å². The van der Waals surface area contributed by atoms with Crippen LogP contribution in [0.1, 0.15) is 106 Å². The Balaban J connectivity index is 1.19. The first kappa shape index (κ1) is 43.3. The van der Waals surface area contributed by atoms with E-state index in [-0.39, 0.29) is 40.4 Å². The molecule has 324 valence electrons. The van der Waals surface area contributed by atoms with E-state index in [2.05, 4.69) is 40.7 Å². The van der Waals surface area contributed by atoms with E-state index in [0.29, 0.717) is 32.1 Å². The molecule has 19 atom stereocenters. The van der Waals surface area contributed by atoms with Gasteiger partial charge >= 0.3 is 11.9 Å². The number of allylic oxidation sites excluding steroid dienone is 2. The standard InChI is InChI=1S/C42H66O15/c1-37(2)13-15-42(36(52)53)16-14-39(4)20(21(42)17-37)7-8-24-38(3)11-10-26(41(6,35(50)51)25(38)9-12-40(24,39)5)56-34-32(30(48)28(46)23(19-44)55-34)57-33-31(49)29(47)27(45)22(18-43)54-33/h7,21-34,43-49H,8-19H2,1-6H3,(H,50,51)(H,52,53). The topological polar surface area (TPSA) is 253 Å². The molecule has 15 nitrogen and oxygen atoms in total. The highest BCUT2D eigenvalue weighted by Gasteiger charge is 2.71. The van der Waals surface area contributed by atoms with E-state index in [9.17, 15) is 55.5 Å². The van der Waals surface area contributed by atoms with Gasteiger partial charge < -0.3 is 64.9 Å². The Labute approximate surface area is 334 Å². The van der Waals surface area contributed by atoms with Crippen LogP contribution in [0, 0.1) is 50.2 Å². The highest BCUT2D eigenvalue weighted by molar-refractivity contribution is 5.77. The Morgan fingerprint density at radius 2 is 1.32 bits per heavy atom. The predicted octanol–water partition coefficient (Wildman–Crippen LogP) is 1.95. The summed E-state index contributed by atoms with van der Waals surface area (Å²) < 4.78 is 23.9. The fourth-order valence-corrected chi connectivity index (χ4v) is 13.6. The zero-order chi connectivity index (χ0) is 41.8. The highest BCUT2D eigenvalue weighted by Crippen LogP contribution is 2.76. The van der Waals surface area contributed by atoms with Gasteiger partial charge in [0, 0.05) is 0 Å². The van der Waals surface area contributed by atoms with Crippen LogP contribution in [0.25, 0.3) is 0 Å². The molecule has 15 heteroatoms. The lowest BCUT2D eigenvalue weighted by Gasteiger charge is -2.71. The van der Waals surface area contributed by atoms with E-state index in [1.807, 2.05) is 0 Å². The number of aliphatic hydroxyl groups excluding tert-OH is 7. The van der Waals surface area contributed by atoms with Crippen LogP contribution in [0.2, 0.25) is 0 Å². The average Bonchev–Trinajstić information content (AvgIpc) is 3.15. The Bertz CT molecular complexity index is 1590. The van der Waals surface area contributed by atoms with Crippen LogP contribution in [0.3, 0.4) is 0 Å². The van der Waals surface area contributed by atoms with Gasteiger partial charge in [-0.25, -0.2) is 0 Å². The molecule has 57 heavy (non-hydrogen) atoms. The lowest BCUT2D eigenvalue weighted by Crippen LogP contribution is -2.68. The van der Waals surface area contributed by atoms with E-state index in [4.69, 9.17) is 18.9 Å². The molecule has 6 fully saturated rings. The molecular formula is C42H66O15. The summed E-state index contributed by atoms with van der Waals surface area (Å²) in [5.74, 6) is -2.10. The Morgan fingerprint density at radius 1 is 0.702 bits per heavy atom. The van der Waals surface area contributed by atoms with Gasteiger partial charge in [0.2, 0.25) is 0 Å². The van der Waals surface area contributed by atoms with Gasteiger partial charge in [0.25, 0.3) is 0 Å². The molecule has 9 N–H and O–H groups in total. The predicted molar refractivity (Wildman–Crippen MR) is 200 cm³/mol. The van der Waals surface area contributed by atoms with Crippen LogP contribution in [-0.4, -0.2) is 139 Å². The van der Waals surface area contributed by atoms with Crippen LogP contribution in [-0.2, 0) is 28.5 Å². The van der Waals surface area contributed by atoms with Gasteiger partial charge in [0.15, 0.2) is 12.6 Å². The smallest absolute Gasteiger partial charge is 0.312 e. The fraction of sp³-hybridized carbons (Fsp3) is 0.905. The summed E-state index contributed by atoms with van der Waals surface area (Å²) in [5, 5.41) is 95.2. The maximum absolute atomic E-state index is 13.7. The number of ether oxygens (including phenoxy) is 4. The lowest BCUT2D eigenvalue weighted by atomic mass is 9.33. The van der Waals surface area contributed by atoms with Crippen molar-refractivity contribution in [3.8, 4) is 0 Å². The minimum absolute atomic E-state index is 0.0258. The van der Waals surface area contributed by atoms with E-state index in [1.54, 1.807) is 6.92 Å². The van der Waals surface area contributed by atoms with E-state index >= 15 is 0 Å². The van der Waals surface area contributed by atoms with Crippen molar-refractivity contribution in [3.05, 3.63) is 11.6 Å². The molecule has 0 aromatic heterocycles. The monoisotopic (exact) mass is 810 g/mol. The molecule has 0 aromatic carbocycles. The van der Waals surface area contributed by atoms with Crippen LogP contribution >= 0.6 is 0 Å². The summed E-state index contributed by atoms with van der Waals surface area (Å²) in [6.45, 7) is 11.6. The maximum Gasteiger partial charge on any atom is 0.312 e. The second-order valence-corrected chi connectivity index (χ2v) is 20.4. The number of hydrogen-bond donors (Lipinski definition) is 9. The van der Waals surface area contributed by atoms with Gasteiger partial charge in [0.1, 0.15) is 48.8 Å². The number of carboxylic acids is 2. The normalized spacial score (nSPS) is 53.3. The first-order valence-electron chi connectivity index (χ1n) is 21.0. The quantitative estimate of drug-likeness (QED) is 0.126. The van der Waals surface area contributed by atoms with Crippen molar-refractivity contribution in [2.45, 2.75) is 173 Å². The van der Waals surface area contributed by atoms with Crippen molar-refractivity contribution in [1.82, 2.24) is 0 Å². The molecule has 2 aliphatic heterocycles. The number of carboxylic acid groups (broad SMARTS) is 2. The third-order valence-corrected chi connectivity index (χ3v) is 17.4. The maximum atomic E-state index is 13.7. The van der Waals surface area contributed by atoms with Crippen molar-refractivity contribution in [1.29, 1.82) is 0 Å². The van der Waals surface area contributed by atoms with Crippen molar-refractivity contribution < 1.29 is 74.5 Å². The van der Waals surface area contributed by atoms with Crippen LogP contribution < -0.4 is 0 Å². The van der Waals surface area contributed by atoms with E-state index in [1.165, 1.54) is 5.57 Å². The lowest BCUT2D eigenvalue weighted by molar-refractivity contribution is -0.378. The molecule has 19 unspecified atom stereocenters. The molecule has 4 saturated carbocycles. The molecule has 2 heterocycles. The number of aliphatic carboxylic acids is 2. The molecule has 5 aliphatic carbocycles. The van der Waals surface area contributed by atoms with Gasteiger partial charge in [-0.15, -0.1) is 0 Å². The van der Waals surface area contributed by atoms with Crippen molar-refractivity contribution in [3.63, 3.8) is 0 Å². The van der Waals surface area contributed by atoms with Crippen molar-refractivity contribution >= 4 is 11.9 Å². The average molecular weight is 811 g/mol. The summed E-state index contributed by atoms with van der Waals surface area (Å²) >= 11 is 0. The minimum Gasteiger partial charge on any atom is -0.481 e. The zero-order valence-corrected chi connectivity index (χ0v) is 34.1. The molecular weight excluding hydrogens is 744 g/mol. The van der Waals surface area contributed by atoms with Gasteiger partial charge in [-0.3, -0.25) is 9.59 Å². The zero-order valence-electron chi connectivity index (χ0n) is 34.1. The Hall–Kier alpha value is -1.76. The largest absolute Gasteiger partial charge is 0.481 e. The molecule has 0 spiro atoms. The van der Waals surface area contributed by atoms with Crippen LogP contribution in [0.5, 0.6) is 0 Å². The van der Waals surface area contributed by atoms with E-state index < -0.39 is 109 Å². The second kappa shape index (κ2) is 14.7. The SMILES string of the molecule is CC1(C)CCC2(C(=O)O)CCC3(C)C(=CCC4C5(C)CCC(OC6OC(CO)C(O)C(O)C6OC6OC(CO)C(O)C(O)C6O)C(C)(C(=O)O)C5CCC43C)C2C1. The Morgan fingerprint density at radius 3 is 1.93 bits per heavy atom. The first-order valence-corrected chi connectivity index (χ1v) is 21.0. The second-order valence-electron chi connectivity index (χ2n) is 20.4. The molecule has 0 aromatic rings. The number of carbonyl (C=O) groups is 2.